The van der Waals surface area contributed by atoms with Crippen molar-refractivity contribution in [3.8, 4) is 0 Å². The van der Waals surface area contributed by atoms with Crippen molar-refractivity contribution < 1.29 is 12.0 Å². The van der Waals surface area contributed by atoms with Crippen molar-refractivity contribution in [1.29, 1.82) is 5.41 Å². The lowest BCUT2D eigenvalue weighted by Crippen LogP contribution is -2.16. The molecule has 1 amide bonds. The standard InChI is InChI=1S/C25H20FN3OS.2H2/c26-21-15-23(28)20(14-24(21)29-25(30)13-19-6-3-11-31-19)22(27)10-8-16-7-9-17-4-1-2-5-18(17)12-16;;/h1-12,14-15,27H,13,28H2,(H,29,30);2*1H/b10-8+,27-22?;;. The number of anilines is 2. The van der Waals surface area contributed by atoms with E-state index in [0.717, 1.165) is 27.3 Å². The Bertz CT molecular complexity index is 1310. The number of fused-ring (bicyclic) bond motifs is 1. The lowest BCUT2D eigenvalue weighted by molar-refractivity contribution is -0.115. The number of thiophene rings is 1. The number of nitrogens with two attached hydrogens (primary N) is 1. The number of carbonyl (C=O) groups excluding carboxylic acids is 1. The summed E-state index contributed by atoms with van der Waals surface area (Å²) in [6.07, 6.45) is 3.59. The predicted octanol–water partition coefficient (Wildman–Crippen LogP) is 6.38. The average Bonchev–Trinajstić information content (AvgIpc) is 3.26. The van der Waals surface area contributed by atoms with Gasteiger partial charge in [0.1, 0.15) is 5.82 Å². The lowest BCUT2D eigenvalue weighted by atomic mass is 10.0. The van der Waals surface area contributed by atoms with Crippen LogP contribution in [-0.4, -0.2) is 11.6 Å². The Labute approximate surface area is 186 Å². The molecule has 1 aromatic heterocycles. The Balaban J connectivity index is 0.00000193. The van der Waals surface area contributed by atoms with E-state index >= 15 is 0 Å². The molecule has 31 heavy (non-hydrogen) atoms. The minimum Gasteiger partial charge on any atom is -0.398 e. The van der Waals surface area contributed by atoms with Crippen LogP contribution in [0.4, 0.5) is 15.8 Å². The Hall–Kier alpha value is -3.77. The molecule has 4 nitrogen and oxygen atoms in total. The van der Waals surface area contributed by atoms with Crippen LogP contribution in [0, 0.1) is 11.2 Å². The van der Waals surface area contributed by atoms with Crippen molar-refractivity contribution in [2.45, 2.75) is 6.42 Å². The van der Waals surface area contributed by atoms with Gasteiger partial charge in [0.15, 0.2) is 0 Å². The summed E-state index contributed by atoms with van der Waals surface area (Å²) in [5.41, 5.74) is 7.51. The monoisotopic (exact) mass is 433 g/mol. The van der Waals surface area contributed by atoms with Crippen LogP contribution in [0.15, 0.2) is 78.2 Å². The molecule has 0 radical (unpaired) electrons. The minimum absolute atomic E-state index is 0. The van der Waals surface area contributed by atoms with E-state index in [-0.39, 0.29) is 32.3 Å². The van der Waals surface area contributed by atoms with Crippen LogP contribution in [-0.2, 0) is 11.2 Å². The summed E-state index contributed by atoms with van der Waals surface area (Å²) in [5.74, 6) is -0.956. The first-order valence-corrected chi connectivity index (χ1v) is 10.5. The van der Waals surface area contributed by atoms with Crippen LogP contribution in [0.2, 0.25) is 0 Å². The van der Waals surface area contributed by atoms with Crippen molar-refractivity contribution in [2.24, 2.45) is 0 Å². The van der Waals surface area contributed by atoms with Gasteiger partial charge >= 0.3 is 0 Å². The van der Waals surface area contributed by atoms with Gasteiger partial charge in [0.2, 0.25) is 5.91 Å². The lowest BCUT2D eigenvalue weighted by Gasteiger charge is -2.11. The molecule has 0 bridgehead atoms. The largest absolute Gasteiger partial charge is 0.398 e. The molecule has 158 valence electrons. The van der Waals surface area contributed by atoms with Gasteiger partial charge in [-0.05, 0) is 52.1 Å². The highest BCUT2D eigenvalue weighted by atomic mass is 32.1. The summed E-state index contributed by atoms with van der Waals surface area (Å²) >= 11 is 1.46. The molecule has 0 atom stereocenters. The number of amides is 1. The van der Waals surface area contributed by atoms with Gasteiger partial charge in [-0.15, -0.1) is 11.3 Å². The molecule has 0 aliphatic carbocycles. The third-order valence-corrected chi connectivity index (χ3v) is 5.71. The van der Waals surface area contributed by atoms with Crippen LogP contribution >= 0.6 is 11.3 Å². The Morgan fingerprint density at radius 1 is 1.10 bits per heavy atom. The van der Waals surface area contributed by atoms with E-state index in [1.165, 1.54) is 17.4 Å². The molecule has 0 fully saturated rings. The number of nitrogens with one attached hydrogen (secondary N) is 2. The molecule has 0 aliphatic heterocycles. The van der Waals surface area contributed by atoms with Crippen molar-refractivity contribution in [2.75, 3.05) is 11.1 Å². The van der Waals surface area contributed by atoms with Crippen LogP contribution < -0.4 is 11.1 Å². The zero-order valence-electron chi connectivity index (χ0n) is 16.6. The number of rotatable bonds is 6. The number of hydrogen-bond acceptors (Lipinski definition) is 4. The molecule has 1 heterocycles. The summed E-state index contributed by atoms with van der Waals surface area (Å²) in [6, 6.07) is 20.3. The number of allylic oxidation sites excluding steroid dienone is 1. The van der Waals surface area contributed by atoms with Gasteiger partial charge < -0.3 is 16.5 Å². The fourth-order valence-electron chi connectivity index (χ4n) is 3.26. The maximum atomic E-state index is 14.4. The van der Waals surface area contributed by atoms with Gasteiger partial charge in [-0.1, -0.05) is 48.5 Å². The number of carbonyl (C=O) groups is 1. The molecule has 4 aromatic rings. The van der Waals surface area contributed by atoms with E-state index in [1.807, 2.05) is 66.1 Å². The summed E-state index contributed by atoms with van der Waals surface area (Å²) in [6.45, 7) is 0. The molecule has 4 N–H and O–H groups in total. The molecule has 0 aliphatic rings. The number of hydrogen-bond donors (Lipinski definition) is 3. The van der Waals surface area contributed by atoms with Gasteiger partial charge in [-0.2, -0.15) is 0 Å². The Morgan fingerprint density at radius 3 is 2.68 bits per heavy atom. The fraction of sp³-hybridized carbons (Fsp3) is 0.0400. The number of benzene rings is 3. The predicted molar refractivity (Wildman–Crippen MR) is 132 cm³/mol. The minimum atomic E-state index is -0.632. The second-order valence-corrected chi connectivity index (χ2v) is 8.11. The highest BCUT2D eigenvalue weighted by molar-refractivity contribution is 7.10. The molecule has 0 unspecified atom stereocenters. The second kappa shape index (κ2) is 8.93. The maximum Gasteiger partial charge on any atom is 0.229 e. The van der Waals surface area contributed by atoms with E-state index in [9.17, 15) is 9.18 Å². The molecule has 3 aromatic carbocycles. The van der Waals surface area contributed by atoms with Crippen LogP contribution in [0.1, 0.15) is 18.9 Å². The first-order chi connectivity index (χ1) is 15.0. The third-order valence-electron chi connectivity index (χ3n) is 4.83. The SMILES string of the molecule is N=C(/C=C/c1ccc2ccccc2c1)c1cc(NC(=O)Cc2cccs2)c(F)cc1N.[HH].[HH]. The van der Waals surface area contributed by atoms with E-state index in [2.05, 4.69) is 5.32 Å². The normalized spacial score (nSPS) is 11.1. The Morgan fingerprint density at radius 2 is 1.90 bits per heavy atom. The summed E-state index contributed by atoms with van der Waals surface area (Å²) < 4.78 is 14.4. The average molecular weight is 434 g/mol. The molecule has 0 spiro atoms. The molecular formula is C25H24FN3OS. The van der Waals surface area contributed by atoms with Crippen molar-refractivity contribution in [3.63, 3.8) is 0 Å². The first kappa shape index (κ1) is 20.5. The number of nitrogen functional groups attached to an aromatic ring is 1. The zero-order valence-corrected chi connectivity index (χ0v) is 17.4. The molecule has 6 heteroatoms. The topological polar surface area (TPSA) is 79.0 Å². The van der Waals surface area contributed by atoms with Crippen LogP contribution in [0.3, 0.4) is 0 Å². The zero-order chi connectivity index (χ0) is 21.8. The summed E-state index contributed by atoms with van der Waals surface area (Å²) in [7, 11) is 0. The van der Waals surface area contributed by atoms with Crippen molar-refractivity contribution in [1.82, 2.24) is 0 Å². The van der Waals surface area contributed by atoms with E-state index in [4.69, 9.17) is 11.1 Å². The molecule has 0 saturated heterocycles. The van der Waals surface area contributed by atoms with Gasteiger partial charge in [0, 0.05) is 19.0 Å². The second-order valence-electron chi connectivity index (χ2n) is 7.08. The third kappa shape index (κ3) is 4.87. The highest BCUT2D eigenvalue weighted by Gasteiger charge is 2.13. The molecule has 0 saturated carbocycles. The van der Waals surface area contributed by atoms with Crippen molar-refractivity contribution >= 4 is 51.2 Å². The maximum absolute atomic E-state index is 14.4. The molecular weight excluding hydrogens is 409 g/mol. The first-order valence-electron chi connectivity index (χ1n) is 9.66. The summed E-state index contributed by atoms with van der Waals surface area (Å²) in [4.78, 5) is 13.1. The van der Waals surface area contributed by atoms with Gasteiger partial charge in [0.25, 0.3) is 0 Å². The smallest absolute Gasteiger partial charge is 0.229 e. The van der Waals surface area contributed by atoms with E-state index < -0.39 is 5.82 Å². The quantitative estimate of drug-likeness (QED) is 0.244. The van der Waals surface area contributed by atoms with Crippen LogP contribution in [0.5, 0.6) is 0 Å². The number of halogens is 1. The van der Waals surface area contributed by atoms with E-state index in [0.29, 0.717) is 5.56 Å². The Kier molecular flexibility index (Phi) is 5.91. The van der Waals surface area contributed by atoms with Crippen LogP contribution in [0.25, 0.3) is 16.8 Å². The molecule has 4 rings (SSSR count). The van der Waals surface area contributed by atoms with E-state index in [1.54, 1.807) is 6.08 Å². The highest BCUT2D eigenvalue weighted by Crippen LogP contribution is 2.24. The fourth-order valence-corrected chi connectivity index (χ4v) is 3.97. The van der Waals surface area contributed by atoms with Crippen molar-refractivity contribution in [3.05, 3.63) is 100 Å². The van der Waals surface area contributed by atoms with Gasteiger partial charge in [0.05, 0.1) is 17.8 Å². The summed E-state index contributed by atoms with van der Waals surface area (Å²) in [5, 5.41) is 15.1. The van der Waals surface area contributed by atoms with Gasteiger partial charge in [-0.25, -0.2) is 4.39 Å². The van der Waals surface area contributed by atoms with Gasteiger partial charge in [-0.3, -0.25) is 4.79 Å².